The van der Waals surface area contributed by atoms with Gasteiger partial charge in [0.15, 0.2) is 6.10 Å². The van der Waals surface area contributed by atoms with Crippen LogP contribution in [-0.2, 0) is 9.53 Å². The summed E-state index contributed by atoms with van der Waals surface area (Å²) in [6, 6.07) is 13.1. The van der Waals surface area contributed by atoms with Crippen LogP contribution in [0.3, 0.4) is 0 Å². The van der Waals surface area contributed by atoms with E-state index in [0.29, 0.717) is 43.3 Å². The third-order valence-corrected chi connectivity index (χ3v) is 5.18. The quantitative estimate of drug-likeness (QED) is 0.782. The number of carbonyl (C=O) groups excluding carboxylic acids is 2. The number of aryl methyl sites for hydroxylation is 1. The van der Waals surface area contributed by atoms with Crippen LogP contribution >= 0.6 is 0 Å². The van der Waals surface area contributed by atoms with E-state index >= 15 is 0 Å². The van der Waals surface area contributed by atoms with Crippen molar-refractivity contribution in [1.29, 1.82) is 0 Å². The zero-order valence-electron chi connectivity index (χ0n) is 18.1. The largest absolute Gasteiger partial charge is 0.481 e. The van der Waals surface area contributed by atoms with Crippen LogP contribution in [0.5, 0.6) is 5.75 Å². The van der Waals surface area contributed by atoms with Gasteiger partial charge in [0.05, 0.1) is 24.5 Å². The highest BCUT2D eigenvalue weighted by molar-refractivity contribution is 6.04. The number of rotatable bonds is 6. The molecule has 6 heteroatoms. The standard InChI is InChI=1S/C24H30N2O4/c1-16(2)19-10-9-17(3)15-22(19)30-18(4)23(27)25-21-8-6-5-7-20(21)24(28)26-11-13-29-14-12-26/h5-10,15-16,18H,11-14H2,1-4H3,(H,25,27). The number of hydrogen-bond acceptors (Lipinski definition) is 4. The van der Waals surface area contributed by atoms with Gasteiger partial charge in [-0.1, -0.05) is 38.1 Å². The Bertz CT molecular complexity index is 904. The SMILES string of the molecule is Cc1ccc(C(C)C)c(OC(C)C(=O)Nc2ccccc2C(=O)N2CCOCC2)c1. The van der Waals surface area contributed by atoms with Crippen LogP contribution in [0.2, 0.25) is 0 Å². The highest BCUT2D eigenvalue weighted by Crippen LogP contribution is 2.28. The molecule has 0 aliphatic carbocycles. The molecule has 1 aliphatic heterocycles. The molecule has 0 spiro atoms. The van der Waals surface area contributed by atoms with Gasteiger partial charge in [-0.05, 0) is 49.1 Å². The Morgan fingerprint density at radius 2 is 1.77 bits per heavy atom. The summed E-state index contributed by atoms with van der Waals surface area (Å²) in [4.78, 5) is 27.5. The summed E-state index contributed by atoms with van der Waals surface area (Å²) in [6.45, 7) is 10.0. The van der Waals surface area contributed by atoms with E-state index < -0.39 is 6.10 Å². The van der Waals surface area contributed by atoms with Gasteiger partial charge in [-0.2, -0.15) is 0 Å². The molecule has 6 nitrogen and oxygen atoms in total. The first-order valence-electron chi connectivity index (χ1n) is 10.4. The van der Waals surface area contributed by atoms with E-state index in [-0.39, 0.29) is 17.7 Å². The van der Waals surface area contributed by atoms with Crippen LogP contribution in [0.1, 0.15) is 48.2 Å². The lowest BCUT2D eigenvalue weighted by Crippen LogP contribution is -2.41. The molecule has 2 aromatic rings. The number of benzene rings is 2. The average molecular weight is 411 g/mol. The zero-order chi connectivity index (χ0) is 21.7. The Labute approximate surface area is 178 Å². The van der Waals surface area contributed by atoms with Crippen LogP contribution in [0, 0.1) is 6.92 Å². The minimum Gasteiger partial charge on any atom is -0.481 e. The third kappa shape index (κ3) is 5.19. The van der Waals surface area contributed by atoms with Gasteiger partial charge in [0.2, 0.25) is 0 Å². The summed E-state index contributed by atoms with van der Waals surface area (Å²) in [7, 11) is 0. The van der Waals surface area contributed by atoms with E-state index in [2.05, 4.69) is 19.2 Å². The van der Waals surface area contributed by atoms with Crippen LogP contribution in [0.25, 0.3) is 0 Å². The van der Waals surface area contributed by atoms with E-state index in [4.69, 9.17) is 9.47 Å². The van der Waals surface area contributed by atoms with Gasteiger partial charge < -0.3 is 19.7 Å². The van der Waals surface area contributed by atoms with Crippen molar-refractivity contribution in [1.82, 2.24) is 4.90 Å². The lowest BCUT2D eigenvalue weighted by Gasteiger charge is -2.27. The molecule has 1 atom stereocenters. The van der Waals surface area contributed by atoms with Crippen molar-refractivity contribution in [2.24, 2.45) is 0 Å². The lowest BCUT2D eigenvalue weighted by atomic mass is 10.0. The summed E-state index contributed by atoms with van der Waals surface area (Å²) in [5.74, 6) is 0.588. The molecular weight excluding hydrogens is 380 g/mol. The number of ether oxygens (including phenoxy) is 2. The van der Waals surface area contributed by atoms with Crippen molar-refractivity contribution in [3.63, 3.8) is 0 Å². The number of hydrogen-bond donors (Lipinski definition) is 1. The lowest BCUT2D eigenvalue weighted by molar-refractivity contribution is -0.122. The number of nitrogens with one attached hydrogen (secondary N) is 1. The Hall–Kier alpha value is -2.86. The molecule has 0 bridgehead atoms. The fourth-order valence-corrected chi connectivity index (χ4v) is 3.41. The van der Waals surface area contributed by atoms with Gasteiger partial charge in [-0.25, -0.2) is 0 Å². The summed E-state index contributed by atoms with van der Waals surface area (Å²) in [6.07, 6.45) is -0.712. The fourth-order valence-electron chi connectivity index (χ4n) is 3.41. The number of para-hydroxylation sites is 1. The predicted octanol–water partition coefficient (Wildman–Crippen LogP) is 4.00. The van der Waals surface area contributed by atoms with Gasteiger partial charge >= 0.3 is 0 Å². The maximum Gasteiger partial charge on any atom is 0.265 e. The minimum atomic E-state index is -0.712. The minimum absolute atomic E-state index is 0.108. The van der Waals surface area contributed by atoms with Crippen molar-refractivity contribution in [2.45, 2.75) is 39.7 Å². The van der Waals surface area contributed by atoms with Crippen molar-refractivity contribution >= 4 is 17.5 Å². The number of carbonyl (C=O) groups is 2. The summed E-state index contributed by atoms with van der Waals surface area (Å²) in [5.41, 5.74) is 3.09. The summed E-state index contributed by atoms with van der Waals surface area (Å²) in [5, 5.41) is 2.87. The number of amides is 2. The average Bonchev–Trinajstić information content (AvgIpc) is 2.74. The van der Waals surface area contributed by atoms with Crippen LogP contribution in [-0.4, -0.2) is 49.1 Å². The Balaban J connectivity index is 1.73. The molecule has 1 aliphatic rings. The molecule has 0 aromatic heterocycles. The second-order valence-corrected chi connectivity index (χ2v) is 7.90. The van der Waals surface area contributed by atoms with Crippen LogP contribution in [0.15, 0.2) is 42.5 Å². The molecule has 1 heterocycles. The van der Waals surface area contributed by atoms with E-state index in [9.17, 15) is 9.59 Å². The van der Waals surface area contributed by atoms with Gasteiger partial charge in [0.1, 0.15) is 5.75 Å². The number of anilines is 1. The first-order valence-corrected chi connectivity index (χ1v) is 10.4. The maximum absolute atomic E-state index is 12.9. The maximum atomic E-state index is 12.9. The molecule has 1 unspecified atom stereocenters. The highest BCUT2D eigenvalue weighted by Gasteiger charge is 2.23. The normalized spacial score (nSPS) is 15.0. The predicted molar refractivity (Wildman–Crippen MR) is 117 cm³/mol. The molecule has 1 fully saturated rings. The van der Waals surface area contributed by atoms with Gasteiger partial charge in [-0.3, -0.25) is 9.59 Å². The molecule has 1 saturated heterocycles. The molecule has 2 amide bonds. The molecule has 30 heavy (non-hydrogen) atoms. The van der Waals surface area contributed by atoms with Gasteiger partial charge in [0, 0.05) is 13.1 Å². The van der Waals surface area contributed by atoms with E-state index in [1.807, 2.05) is 25.1 Å². The molecule has 160 valence electrons. The fraction of sp³-hybridized carbons (Fsp3) is 0.417. The zero-order valence-corrected chi connectivity index (χ0v) is 18.1. The number of morpholine rings is 1. The van der Waals surface area contributed by atoms with E-state index in [0.717, 1.165) is 11.1 Å². The third-order valence-electron chi connectivity index (χ3n) is 5.18. The highest BCUT2D eigenvalue weighted by atomic mass is 16.5. The molecule has 3 rings (SSSR count). The summed E-state index contributed by atoms with van der Waals surface area (Å²) >= 11 is 0. The molecule has 0 radical (unpaired) electrons. The first-order chi connectivity index (χ1) is 14.4. The molecule has 1 N–H and O–H groups in total. The number of nitrogens with zero attached hydrogens (tertiary/aromatic N) is 1. The Kier molecular flexibility index (Phi) is 7.11. The topological polar surface area (TPSA) is 67.9 Å². The molecule has 2 aromatic carbocycles. The van der Waals surface area contributed by atoms with Crippen molar-refractivity contribution in [2.75, 3.05) is 31.6 Å². The second-order valence-electron chi connectivity index (χ2n) is 7.90. The van der Waals surface area contributed by atoms with Crippen molar-refractivity contribution in [3.05, 3.63) is 59.2 Å². The second kappa shape index (κ2) is 9.76. The van der Waals surface area contributed by atoms with Gasteiger partial charge in [0.25, 0.3) is 11.8 Å². The smallest absolute Gasteiger partial charge is 0.265 e. The van der Waals surface area contributed by atoms with Crippen LogP contribution in [0.4, 0.5) is 5.69 Å². The van der Waals surface area contributed by atoms with E-state index in [1.165, 1.54) is 0 Å². The van der Waals surface area contributed by atoms with E-state index in [1.54, 1.807) is 36.1 Å². The summed E-state index contributed by atoms with van der Waals surface area (Å²) < 4.78 is 11.3. The Morgan fingerprint density at radius 1 is 1.07 bits per heavy atom. The van der Waals surface area contributed by atoms with Crippen LogP contribution < -0.4 is 10.1 Å². The van der Waals surface area contributed by atoms with Gasteiger partial charge in [-0.15, -0.1) is 0 Å². The first kappa shape index (κ1) is 21.8. The molecular formula is C24H30N2O4. The van der Waals surface area contributed by atoms with Crippen molar-refractivity contribution < 1.29 is 19.1 Å². The monoisotopic (exact) mass is 410 g/mol. The Morgan fingerprint density at radius 3 is 2.47 bits per heavy atom. The van der Waals surface area contributed by atoms with Crippen molar-refractivity contribution in [3.8, 4) is 5.75 Å². The molecule has 0 saturated carbocycles.